The number of benzene rings is 2. The Bertz CT molecular complexity index is 852. The third-order valence-corrected chi connectivity index (χ3v) is 6.40. The molecule has 2 aromatic carbocycles. The first-order valence-electron chi connectivity index (χ1n) is 8.95. The molecule has 2 unspecified atom stereocenters. The first-order chi connectivity index (χ1) is 12.5. The van der Waals surface area contributed by atoms with Gasteiger partial charge in [-0.05, 0) is 29.8 Å². The van der Waals surface area contributed by atoms with Crippen LogP contribution in [0.1, 0.15) is 5.56 Å². The van der Waals surface area contributed by atoms with Gasteiger partial charge in [0.1, 0.15) is 0 Å². The lowest BCUT2D eigenvalue weighted by Gasteiger charge is -2.36. The number of morpholine rings is 1. The largest absolute Gasteiger partial charge is 0.373 e. The second-order valence-corrected chi connectivity index (χ2v) is 9.12. The molecule has 2 aromatic rings. The molecule has 2 heterocycles. The molecule has 0 N–H and O–H groups in total. The fourth-order valence-corrected chi connectivity index (χ4v) is 4.52. The van der Waals surface area contributed by atoms with E-state index in [1.54, 1.807) is 12.1 Å². The van der Waals surface area contributed by atoms with E-state index < -0.39 is 9.84 Å². The standard InChI is InChI=1S/C20H24N2O3S/c1-26(23,24)18-9-7-17(8-10-18)22-14-19-20(15-22)25-12-11-21(19)13-16-5-3-2-4-6-16/h2-10,19-20H,11-15H2,1H3. The molecule has 0 bridgehead atoms. The number of hydrogen-bond donors (Lipinski definition) is 0. The van der Waals surface area contributed by atoms with Crippen LogP contribution in [0.25, 0.3) is 0 Å². The summed E-state index contributed by atoms with van der Waals surface area (Å²) in [4.78, 5) is 5.17. The molecule has 138 valence electrons. The molecule has 2 fully saturated rings. The van der Waals surface area contributed by atoms with Crippen LogP contribution in [0.4, 0.5) is 5.69 Å². The van der Waals surface area contributed by atoms with Gasteiger partial charge in [0.2, 0.25) is 0 Å². The van der Waals surface area contributed by atoms with E-state index in [0.717, 1.165) is 38.5 Å². The zero-order valence-electron chi connectivity index (χ0n) is 14.9. The van der Waals surface area contributed by atoms with Crippen molar-refractivity contribution in [2.75, 3.05) is 37.4 Å². The maximum absolute atomic E-state index is 11.6. The normalized spacial score (nSPS) is 23.8. The van der Waals surface area contributed by atoms with Crippen molar-refractivity contribution in [1.82, 2.24) is 4.90 Å². The van der Waals surface area contributed by atoms with Gasteiger partial charge < -0.3 is 9.64 Å². The van der Waals surface area contributed by atoms with Crippen LogP contribution >= 0.6 is 0 Å². The Balaban J connectivity index is 1.49. The Labute approximate surface area is 155 Å². The predicted octanol–water partition coefficient (Wildman–Crippen LogP) is 2.18. The minimum absolute atomic E-state index is 0.196. The summed E-state index contributed by atoms with van der Waals surface area (Å²) in [5.41, 5.74) is 2.37. The van der Waals surface area contributed by atoms with Gasteiger partial charge in [-0.2, -0.15) is 0 Å². The van der Waals surface area contributed by atoms with Crippen LogP contribution in [0.15, 0.2) is 59.5 Å². The molecule has 2 aliphatic heterocycles. The monoisotopic (exact) mass is 372 g/mol. The van der Waals surface area contributed by atoms with Crippen molar-refractivity contribution in [3.05, 3.63) is 60.2 Å². The lowest BCUT2D eigenvalue weighted by molar-refractivity contribution is -0.0499. The van der Waals surface area contributed by atoms with Crippen molar-refractivity contribution >= 4 is 15.5 Å². The number of rotatable bonds is 4. The van der Waals surface area contributed by atoms with Gasteiger partial charge in [-0.25, -0.2) is 8.42 Å². The van der Waals surface area contributed by atoms with Gasteiger partial charge in [0.15, 0.2) is 9.84 Å². The fourth-order valence-electron chi connectivity index (χ4n) is 3.89. The maximum Gasteiger partial charge on any atom is 0.175 e. The summed E-state index contributed by atoms with van der Waals surface area (Å²) >= 11 is 0. The van der Waals surface area contributed by atoms with Crippen LogP contribution in [0.2, 0.25) is 0 Å². The van der Waals surface area contributed by atoms with E-state index in [9.17, 15) is 8.42 Å². The first kappa shape index (κ1) is 17.5. The average molecular weight is 372 g/mol. The van der Waals surface area contributed by atoms with Crippen LogP contribution in [-0.4, -0.2) is 58.0 Å². The third kappa shape index (κ3) is 3.63. The number of hydrogen-bond acceptors (Lipinski definition) is 5. The summed E-state index contributed by atoms with van der Waals surface area (Å²) in [5.74, 6) is 0. The summed E-state index contributed by atoms with van der Waals surface area (Å²) < 4.78 is 29.3. The molecule has 0 radical (unpaired) electrons. The summed E-state index contributed by atoms with van der Waals surface area (Å²) in [5, 5.41) is 0. The zero-order valence-corrected chi connectivity index (χ0v) is 15.7. The van der Waals surface area contributed by atoms with E-state index >= 15 is 0 Å². The van der Waals surface area contributed by atoms with Crippen molar-refractivity contribution < 1.29 is 13.2 Å². The number of nitrogens with zero attached hydrogens (tertiary/aromatic N) is 2. The number of sulfone groups is 1. The quantitative estimate of drug-likeness (QED) is 0.823. The molecule has 0 amide bonds. The molecule has 6 heteroatoms. The average Bonchev–Trinajstić information content (AvgIpc) is 3.07. The van der Waals surface area contributed by atoms with E-state index in [1.165, 1.54) is 11.8 Å². The SMILES string of the molecule is CS(=O)(=O)c1ccc(N2CC3OCCN(Cc4ccccc4)C3C2)cc1. The molecule has 0 saturated carbocycles. The van der Waals surface area contributed by atoms with Crippen molar-refractivity contribution in [1.29, 1.82) is 0 Å². The lowest BCUT2D eigenvalue weighted by atomic mass is 10.1. The fraction of sp³-hybridized carbons (Fsp3) is 0.400. The molecule has 5 nitrogen and oxygen atoms in total. The van der Waals surface area contributed by atoms with Gasteiger partial charge in [-0.15, -0.1) is 0 Å². The summed E-state index contributed by atoms with van der Waals surface area (Å²) in [7, 11) is -3.16. The Morgan fingerprint density at radius 2 is 1.77 bits per heavy atom. The van der Waals surface area contributed by atoms with Crippen LogP contribution in [0, 0.1) is 0 Å². The molecule has 0 aromatic heterocycles. The van der Waals surface area contributed by atoms with E-state index in [0.29, 0.717) is 10.9 Å². The smallest absolute Gasteiger partial charge is 0.175 e. The Morgan fingerprint density at radius 1 is 1.04 bits per heavy atom. The van der Waals surface area contributed by atoms with Crippen LogP contribution in [-0.2, 0) is 21.1 Å². The van der Waals surface area contributed by atoms with Crippen LogP contribution in [0.5, 0.6) is 0 Å². The molecular weight excluding hydrogens is 348 g/mol. The van der Waals surface area contributed by atoms with Crippen molar-refractivity contribution in [3.63, 3.8) is 0 Å². The van der Waals surface area contributed by atoms with E-state index in [-0.39, 0.29) is 6.10 Å². The van der Waals surface area contributed by atoms with Crippen LogP contribution in [0.3, 0.4) is 0 Å². The highest BCUT2D eigenvalue weighted by molar-refractivity contribution is 7.90. The minimum Gasteiger partial charge on any atom is -0.373 e. The minimum atomic E-state index is -3.16. The topological polar surface area (TPSA) is 49.9 Å². The van der Waals surface area contributed by atoms with Gasteiger partial charge in [-0.1, -0.05) is 30.3 Å². The Hall–Kier alpha value is -1.89. The number of ether oxygens (including phenoxy) is 1. The highest BCUT2D eigenvalue weighted by Crippen LogP contribution is 2.29. The molecule has 0 aliphatic carbocycles. The molecular formula is C20H24N2O3S. The van der Waals surface area contributed by atoms with E-state index in [2.05, 4.69) is 34.1 Å². The first-order valence-corrected chi connectivity index (χ1v) is 10.8. The van der Waals surface area contributed by atoms with E-state index in [1.807, 2.05) is 18.2 Å². The third-order valence-electron chi connectivity index (χ3n) is 5.27. The molecule has 2 saturated heterocycles. The van der Waals surface area contributed by atoms with Gasteiger partial charge in [0.05, 0.1) is 23.6 Å². The highest BCUT2D eigenvalue weighted by Gasteiger charge is 2.40. The summed E-state index contributed by atoms with van der Waals surface area (Å²) in [6.45, 7) is 4.38. The van der Waals surface area contributed by atoms with Gasteiger partial charge in [-0.3, -0.25) is 4.90 Å². The zero-order chi connectivity index (χ0) is 18.1. The van der Waals surface area contributed by atoms with Gasteiger partial charge in [0, 0.05) is 38.1 Å². The molecule has 2 aliphatic rings. The van der Waals surface area contributed by atoms with E-state index in [4.69, 9.17) is 4.74 Å². The second-order valence-electron chi connectivity index (χ2n) is 7.10. The Morgan fingerprint density at radius 3 is 2.46 bits per heavy atom. The maximum atomic E-state index is 11.6. The van der Waals surface area contributed by atoms with Crippen molar-refractivity contribution in [3.8, 4) is 0 Å². The van der Waals surface area contributed by atoms with Crippen LogP contribution < -0.4 is 4.90 Å². The number of fused-ring (bicyclic) bond motifs is 1. The lowest BCUT2D eigenvalue weighted by Crippen LogP contribution is -2.50. The highest BCUT2D eigenvalue weighted by atomic mass is 32.2. The molecule has 26 heavy (non-hydrogen) atoms. The molecule has 2 atom stereocenters. The van der Waals surface area contributed by atoms with Gasteiger partial charge >= 0.3 is 0 Å². The predicted molar refractivity (Wildman–Crippen MR) is 102 cm³/mol. The Kier molecular flexibility index (Phi) is 4.73. The molecule has 4 rings (SSSR count). The van der Waals surface area contributed by atoms with Crippen molar-refractivity contribution in [2.24, 2.45) is 0 Å². The van der Waals surface area contributed by atoms with Gasteiger partial charge in [0.25, 0.3) is 0 Å². The molecule has 0 spiro atoms. The second kappa shape index (κ2) is 7.02. The summed E-state index contributed by atoms with van der Waals surface area (Å²) in [6.07, 6.45) is 1.43. The summed E-state index contributed by atoms with van der Waals surface area (Å²) in [6, 6.07) is 18.1. The van der Waals surface area contributed by atoms with Crippen molar-refractivity contribution in [2.45, 2.75) is 23.6 Å². The number of anilines is 1.